The van der Waals surface area contributed by atoms with Crippen LogP contribution in [0.1, 0.15) is 56.4 Å². The first kappa shape index (κ1) is 33.5. The molecule has 1 fully saturated rings. The zero-order valence-electron chi connectivity index (χ0n) is 25.1. The van der Waals surface area contributed by atoms with Gasteiger partial charge in [-0.15, -0.1) is 0 Å². The summed E-state index contributed by atoms with van der Waals surface area (Å²) in [7, 11) is -3.78. The lowest BCUT2D eigenvalue weighted by Gasteiger charge is -2.29. The number of aliphatic hydroxyl groups excluding tert-OH is 1. The van der Waals surface area contributed by atoms with Gasteiger partial charge in [0.2, 0.25) is 9.84 Å². The Kier molecular flexibility index (Phi) is 10.7. The second-order valence-corrected chi connectivity index (χ2v) is 14.4. The summed E-state index contributed by atoms with van der Waals surface area (Å²) in [6.07, 6.45) is 0.300. The molecule has 0 aromatic heterocycles. The van der Waals surface area contributed by atoms with Gasteiger partial charge < -0.3 is 19.8 Å². The molecule has 0 bridgehead atoms. The van der Waals surface area contributed by atoms with Gasteiger partial charge in [0.25, 0.3) is 0 Å². The van der Waals surface area contributed by atoms with Crippen molar-refractivity contribution in [2.75, 3.05) is 19.6 Å². The molecule has 11 heteroatoms. The number of aliphatic carboxylic acids is 1. The highest BCUT2D eigenvalue weighted by molar-refractivity contribution is 7.91. The molecular formula is C33H39ClN2O7S. The number of sulfone groups is 1. The number of carbonyl (C=O) groups is 2. The number of rotatable bonds is 11. The Morgan fingerprint density at radius 1 is 1.02 bits per heavy atom. The smallest absolute Gasteiger partial charge is 0.410 e. The van der Waals surface area contributed by atoms with Crippen molar-refractivity contribution in [3.63, 3.8) is 0 Å². The molecule has 2 N–H and O–H groups in total. The van der Waals surface area contributed by atoms with E-state index in [0.717, 1.165) is 17.5 Å². The molecule has 3 aromatic rings. The van der Waals surface area contributed by atoms with E-state index in [1.54, 1.807) is 93.6 Å². The lowest BCUT2D eigenvalue weighted by atomic mass is 10.1. The summed E-state index contributed by atoms with van der Waals surface area (Å²) in [6.45, 7) is 6.68. The zero-order valence-corrected chi connectivity index (χ0v) is 26.7. The number of ether oxygens (including phenoxy) is 1. The van der Waals surface area contributed by atoms with Gasteiger partial charge >= 0.3 is 12.1 Å². The number of halogens is 1. The molecule has 9 nitrogen and oxygen atoms in total. The Labute approximate surface area is 263 Å². The van der Waals surface area contributed by atoms with Crippen LogP contribution in [-0.4, -0.2) is 71.8 Å². The predicted molar refractivity (Wildman–Crippen MR) is 167 cm³/mol. The third kappa shape index (κ3) is 8.81. The van der Waals surface area contributed by atoms with E-state index in [9.17, 15) is 28.2 Å². The van der Waals surface area contributed by atoms with Gasteiger partial charge in [0.15, 0.2) is 0 Å². The monoisotopic (exact) mass is 642 g/mol. The van der Waals surface area contributed by atoms with E-state index in [4.69, 9.17) is 16.3 Å². The largest absolute Gasteiger partial charge is 0.480 e. The number of aliphatic hydroxyl groups is 1. The van der Waals surface area contributed by atoms with Gasteiger partial charge in [-0.1, -0.05) is 48.0 Å². The summed E-state index contributed by atoms with van der Waals surface area (Å²) in [5, 5.41) is 20.7. The Hall–Kier alpha value is -3.44. The van der Waals surface area contributed by atoms with Gasteiger partial charge in [-0.25, -0.2) is 13.2 Å². The average molecular weight is 643 g/mol. The van der Waals surface area contributed by atoms with E-state index in [1.807, 2.05) is 4.90 Å². The average Bonchev–Trinajstić information content (AvgIpc) is 3.43. The Morgan fingerprint density at radius 2 is 1.64 bits per heavy atom. The van der Waals surface area contributed by atoms with Gasteiger partial charge in [-0.05, 0) is 99.7 Å². The molecule has 0 saturated carbocycles. The van der Waals surface area contributed by atoms with Crippen molar-refractivity contribution in [1.29, 1.82) is 0 Å². The minimum absolute atomic E-state index is 0.00750. The maximum atomic E-state index is 13.3. The summed E-state index contributed by atoms with van der Waals surface area (Å²) in [5.74, 6) is -0.835. The lowest BCUT2D eigenvalue weighted by Crippen LogP contribution is -2.40. The summed E-state index contributed by atoms with van der Waals surface area (Å²) in [6, 6.07) is 19.4. The molecule has 0 spiro atoms. The van der Waals surface area contributed by atoms with Gasteiger partial charge in [-0.2, -0.15) is 0 Å². The van der Waals surface area contributed by atoms with Crippen molar-refractivity contribution in [1.82, 2.24) is 9.80 Å². The standard InChI is InChI=1S/C33H39ClN2O7S/c1-33(2,3)43-32(40)36(22-30(37)25-6-4-7-26(34)20-25)19-17-23-9-13-27(14-10-23)44(41,42)28-15-11-24(12-16-28)21-35-18-5-8-29(35)31(38)39/h4,6-7,9-16,20,29-30,37H,5,8,17-19,21-22H2,1-3H3,(H,38,39)/t29-,30+/m0/s1. The first-order chi connectivity index (χ1) is 20.7. The van der Waals surface area contributed by atoms with E-state index in [2.05, 4.69) is 0 Å². The molecule has 3 aromatic carbocycles. The highest BCUT2D eigenvalue weighted by atomic mass is 35.5. The third-order valence-corrected chi connectivity index (χ3v) is 9.47. The van der Waals surface area contributed by atoms with Crippen LogP contribution >= 0.6 is 11.6 Å². The van der Waals surface area contributed by atoms with Gasteiger partial charge in [0, 0.05) is 18.1 Å². The second-order valence-electron chi connectivity index (χ2n) is 12.0. The van der Waals surface area contributed by atoms with Crippen molar-refractivity contribution in [3.05, 3.63) is 94.5 Å². The van der Waals surface area contributed by atoms with E-state index in [1.165, 1.54) is 4.90 Å². The van der Waals surface area contributed by atoms with Crippen molar-refractivity contribution >= 4 is 33.5 Å². The Bertz CT molecular complexity index is 1550. The van der Waals surface area contributed by atoms with Crippen LogP contribution in [0.4, 0.5) is 4.79 Å². The topological polar surface area (TPSA) is 124 Å². The molecule has 1 aliphatic heterocycles. The normalized spacial score (nSPS) is 16.4. The number of carboxylic acids is 1. The van der Waals surface area contributed by atoms with E-state index in [-0.39, 0.29) is 22.9 Å². The second kappa shape index (κ2) is 14.1. The number of carbonyl (C=O) groups excluding carboxylic acids is 1. The van der Waals surface area contributed by atoms with Gasteiger partial charge in [0.1, 0.15) is 11.6 Å². The van der Waals surface area contributed by atoms with Crippen molar-refractivity contribution in [2.45, 2.75) is 74.1 Å². The van der Waals surface area contributed by atoms with Crippen LogP contribution in [-0.2, 0) is 32.3 Å². The van der Waals surface area contributed by atoms with Crippen LogP contribution in [0.2, 0.25) is 5.02 Å². The summed E-state index contributed by atoms with van der Waals surface area (Å²) in [4.78, 5) is 28.1. The number of nitrogens with zero attached hydrogens (tertiary/aromatic N) is 2. The van der Waals surface area contributed by atoms with Crippen LogP contribution in [0, 0.1) is 0 Å². The molecule has 4 rings (SSSR count). The fourth-order valence-corrected chi connectivity index (χ4v) is 6.61. The highest BCUT2D eigenvalue weighted by Gasteiger charge is 2.30. The molecule has 0 unspecified atom stereocenters. The number of hydrogen-bond donors (Lipinski definition) is 2. The zero-order chi connectivity index (χ0) is 32.1. The quantitative estimate of drug-likeness (QED) is 0.272. The first-order valence-electron chi connectivity index (χ1n) is 14.5. The molecule has 236 valence electrons. The first-order valence-corrected chi connectivity index (χ1v) is 16.4. The molecule has 1 heterocycles. The van der Waals surface area contributed by atoms with Gasteiger partial charge in [-0.3, -0.25) is 9.69 Å². The molecule has 1 saturated heterocycles. The van der Waals surface area contributed by atoms with Crippen LogP contribution in [0.3, 0.4) is 0 Å². The number of carboxylic acid groups (broad SMARTS) is 1. The van der Waals surface area contributed by atoms with Crippen LogP contribution < -0.4 is 0 Å². The molecule has 44 heavy (non-hydrogen) atoms. The Morgan fingerprint density at radius 3 is 2.20 bits per heavy atom. The molecule has 2 atom stereocenters. The third-order valence-electron chi connectivity index (χ3n) is 7.45. The predicted octanol–water partition coefficient (Wildman–Crippen LogP) is 5.74. The minimum Gasteiger partial charge on any atom is -0.480 e. The van der Waals surface area contributed by atoms with Crippen LogP contribution in [0.5, 0.6) is 0 Å². The fraction of sp³-hybridized carbons (Fsp3) is 0.394. The van der Waals surface area contributed by atoms with Gasteiger partial charge in [0.05, 0.1) is 22.4 Å². The lowest BCUT2D eigenvalue weighted by molar-refractivity contribution is -0.142. The highest BCUT2D eigenvalue weighted by Crippen LogP contribution is 2.25. The fourth-order valence-electron chi connectivity index (χ4n) is 5.15. The SMILES string of the molecule is CC(C)(C)OC(=O)N(CCc1ccc(S(=O)(=O)c2ccc(CN3CCC[C@H]3C(=O)O)cc2)cc1)C[C@@H](O)c1cccc(Cl)c1. The Balaban J connectivity index is 1.42. The van der Waals surface area contributed by atoms with Crippen LogP contribution in [0.25, 0.3) is 0 Å². The summed E-state index contributed by atoms with van der Waals surface area (Å²) < 4.78 is 32.2. The number of likely N-dealkylation sites (tertiary alicyclic amines) is 1. The maximum Gasteiger partial charge on any atom is 0.410 e. The summed E-state index contributed by atoms with van der Waals surface area (Å²) in [5.41, 5.74) is 1.51. The number of benzene rings is 3. The summed E-state index contributed by atoms with van der Waals surface area (Å²) >= 11 is 6.07. The van der Waals surface area contributed by atoms with E-state index < -0.39 is 39.6 Å². The number of hydrogen-bond acceptors (Lipinski definition) is 7. The maximum absolute atomic E-state index is 13.3. The minimum atomic E-state index is -3.78. The molecule has 1 amide bonds. The van der Waals surface area contributed by atoms with E-state index >= 15 is 0 Å². The van der Waals surface area contributed by atoms with E-state index in [0.29, 0.717) is 36.5 Å². The number of amides is 1. The molecular weight excluding hydrogens is 604 g/mol. The van der Waals surface area contributed by atoms with Crippen molar-refractivity contribution in [2.24, 2.45) is 0 Å². The molecule has 0 radical (unpaired) electrons. The van der Waals surface area contributed by atoms with Crippen molar-refractivity contribution in [3.8, 4) is 0 Å². The molecule has 1 aliphatic rings. The van der Waals surface area contributed by atoms with Crippen molar-refractivity contribution < 1.29 is 33.0 Å². The van der Waals surface area contributed by atoms with Crippen LogP contribution in [0.15, 0.2) is 82.6 Å². The molecule has 0 aliphatic carbocycles.